The molecule has 1 fully saturated rings. The Morgan fingerprint density at radius 1 is 1.22 bits per heavy atom. The molecule has 0 aromatic carbocycles. The summed E-state index contributed by atoms with van der Waals surface area (Å²) in [6.07, 6.45) is 8.07. The first-order valence-corrected chi connectivity index (χ1v) is 7.18. The second-order valence-electron chi connectivity index (χ2n) is 5.24. The maximum Gasteiger partial charge on any atom is 0.305 e. The molecule has 0 heterocycles. The van der Waals surface area contributed by atoms with E-state index in [0.717, 1.165) is 38.7 Å². The minimum absolute atomic E-state index is 0.0646. The van der Waals surface area contributed by atoms with Gasteiger partial charge < -0.3 is 15.2 Å². The van der Waals surface area contributed by atoms with Gasteiger partial charge in [-0.1, -0.05) is 19.3 Å². The SMILES string of the molecule is CCOC(=O)CCCCCOCC1(N)CCCC1. The summed E-state index contributed by atoms with van der Waals surface area (Å²) in [5.74, 6) is -0.0923. The topological polar surface area (TPSA) is 61.5 Å². The van der Waals surface area contributed by atoms with E-state index in [1.165, 1.54) is 12.8 Å². The predicted octanol–water partition coefficient (Wildman–Crippen LogP) is 2.40. The molecule has 18 heavy (non-hydrogen) atoms. The van der Waals surface area contributed by atoms with Crippen molar-refractivity contribution in [3.05, 3.63) is 0 Å². The molecule has 2 N–H and O–H groups in total. The Kier molecular flexibility index (Phi) is 7.28. The summed E-state index contributed by atoms with van der Waals surface area (Å²) < 4.78 is 10.5. The molecule has 4 heteroatoms. The first-order chi connectivity index (χ1) is 8.66. The number of unbranched alkanes of at least 4 members (excludes halogenated alkanes) is 2. The molecule has 1 aliphatic carbocycles. The number of rotatable bonds is 9. The van der Waals surface area contributed by atoms with Gasteiger partial charge in [0.2, 0.25) is 0 Å². The molecule has 0 spiro atoms. The Hall–Kier alpha value is -0.610. The van der Waals surface area contributed by atoms with Crippen molar-refractivity contribution in [2.75, 3.05) is 19.8 Å². The van der Waals surface area contributed by atoms with Crippen molar-refractivity contribution in [2.24, 2.45) is 5.73 Å². The summed E-state index contributed by atoms with van der Waals surface area (Å²) in [5, 5.41) is 0. The van der Waals surface area contributed by atoms with E-state index in [1.807, 2.05) is 6.92 Å². The van der Waals surface area contributed by atoms with E-state index >= 15 is 0 Å². The normalized spacial score (nSPS) is 17.9. The van der Waals surface area contributed by atoms with Gasteiger partial charge >= 0.3 is 5.97 Å². The van der Waals surface area contributed by atoms with Crippen molar-refractivity contribution in [3.8, 4) is 0 Å². The van der Waals surface area contributed by atoms with E-state index in [2.05, 4.69) is 0 Å². The maximum atomic E-state index is 11.1. The van der Waals surface area contributed by atoms with Crippen molar-refractivity contribution in [2.45, 2.75) is 63.8 Å². The standard InChI is InChI=1S/C14H27NO3/c1-2-18-13(16)8-4-3-7-11-17-12-14(15)9-5-6-10-14/h2-12,15H2,1H3. The van der Waals surface area contributed by atoms with Gasteiger partial charge in [0.1, 0.15) is 0 Å². The minimum Gasteiger partial charge on any atom is -0.466 e. The molecule has 0 saturated heterocycles. The number of nitrogens with two attached hydrogens (primary N) is 1. The Bertz CT molecular complexity index is 237. The van der Waals surface area contributed by atoms with Crippen LogP contribution in [0, 0.1) is 0 Å². The lowest BCUT2D eigenvalue weighted by molar-refractivity contribution is -0.143. The highest BCUT2D eigenvalue weighted by molar-refractivity contribution is 5.69. The molecule has 0 radical (unpaired) electrons. The number of carbonyl (C=O) groups is 1. The Morgan fingerprint density at radius 3 is 2.61 bits per heavy atom. The molecule has 0 bridgehead atoms. The molecule has 0 atom stereocenters. The average molecular weight is 257 g/mol. The highest BCUT2D eigenvalue weighted by Crippen LogP contribution is 2.27. The monoisotopic (exact) mass is 257 g/mol. The van der Waals surface area contributed by atoms with Crippen LogP contribution in [0.25, 0.3) is 0 Å². The summed E-state index contributed by atoms with van der Waals surface area (Å²) in [7, 11) is 0. The van der Waals surface area contributed by atoms with Crippen molar-refractivity contribution < 1.29 is 14.3 Å². The van der Waals surface area contributed by atoms with Gasteiger partial charge in [0.15, 0.2) is 0 Å². The van der Waals surface area contributed by atoms with E-state index in [1.54, 1.807) is 0 Å². The Morgan fingerprint density at radius 2 is 1.94 bits per heavy atom. The smallest absolute Gasteiger partial charge is 0.305 e. The quantitative estimate of drug-likeness (QED) is 0.509. The largest absolute Gasteiger partial charge is 0.466 e. The molecular weight excluding hydrogens is 230 g/mol. The number of hydrogen-bond donors (Lipinski definition) is 1. The molecule has 0 aromatic rings. The van der Waals surface area contributed by atoms with E-state index < -0.39 is 0 Å². The summed E-state index contributed by atoms with van der Waals surface area (Å²) in [5.41, 5.74) is 6.12. The Balaban J connectivity index is 1.88. The lowest BCUT2D eigenvalue weighted by Gasteiger charge is -2.23. The second-order valence-corrected chi connectivity index (χ2v) is 5.24. The summed E-state index contributed by atoms with van der Waals surface area (Å²) in [6.45, 7) is 3.74. The first kappa shape index (κ1) is 15.4. The highest BCUT2D eigenvalue weighted by atomic mass is 16.5. The third-order valence-corrected chi connectivity index (χ3v) is 3.46. The molecule has 0 unspecified atom stereocenters. The van der Waals surface area contributed by atoms with Gasteiger partial charge in [0.25, 0.3) is 0 Å². The lowest BCUT2D eigenvalue weighted by atomic mass is 10.0. The van der Waals surface area contributed by atoms with Crippen LogP contribution in [0.1, 0.15) is 58.3 Å². The van der Waals surface area contributed by atoms with Gasteiger partial charge in [-0.2, -0.15) is 0 Å². The molecule has 0 aromatic heterocycles. The lowest BCUT2D eigenvalue weighted by Crippen LogP contribution is -2.41. The van der Waals surface area contributed by atoms with Crippen LogP contribution in [0.2, 0.25) is 0 Å². The van der Waals surface area contributed by atoms with E-state index in [9.17, 15) is 4.79 Å². The van der Waals surface area contributed by atoms with Crippen molar-refractivity contribution in [1.29, 1.82) is 0 Å². The molecule has 1 rings (SSSR count). The second kappa shape index (κ2) is 8.48. The zero-order valence-electron chi connectivity index (χ0n) is 11.6. The van der Waals surface area contributed by atoms with Gasteiger partial charge in [-0.25, -0.2) is 0 Å². The van der Waals surface area contributed by atoms with E-state index in [-0.39, 0.29) is 11.5 Å². The van der Waals surface area contributed by atoms with Crippen molar-refractivity contribution in [3.63, 3.8) is 0 Å². The number of carbonyl (C=O) groups excluding carboxylic acids is 1. The van der Waals surface area contributed by atoms with Gasteiger partial charge in [0, 0.05) is 18.6 Å². The van der Waals surface area contributed by atoms with Crippen molar-refractivity contribution in [1.82, 2.24) is 0 Å². The fraction of sp³-hybridized carbons (Fsp3) is 0.929. The van der Waals surface area contributed by atoms with Gasteiger partial charge in [0.05, 0.1) is 13.2 Å². The predicted molar refractivity (Wildman–Crippen MR) is 71.3 cm³/mol. The molecule has 106 valence electrons. The van der Waals surface area contributed by atoms with Crippen LogP contribution in [0.5, 0.6) is 0 Å². The third-order valence-electron chi connectivity index (χ3n) is 3.46. The molecule has 4 nitrogen and oxygen atoms in total. The van der Waals surface area contributed by atoms with Crippen LogP contribution in [0.4, 0.5) is 0 Å². The van der Waals surface area contributed by atoms with Crippen LogP contribution in [0.3, 0.4) is 0 Å². The van der Waals surface area contributed by atoms with Crippen LogP contribution in [-0.4, -0.2) is 31.3 Å². The maximum absolute atomic E-state index is 11.1. The van der Waals surface area contributed by atoms with Gasteiger partial charge in [-0.05, 0) is 32.6 Å². The van der Waals surface area contributed by atoms with Gasteiger partial charge in [-0.3, -0.25) is 4.79 Å². The molecule has 1 aliphatic rings. The zero-order chi connectivity index (χ0) is 13.3. The van der Waals surface area contributed by atoms with Crippen LogP contribution in [0.15, 0.2) is 0 Å². The summed E-state index contributed by atoms with van der Waals surface area (Å²) in [6, 6.07) is 0. The van der Waals surface area contributed by atoms with E-state index in [0.29, 0.717) is 19.6 Å². The van der Waals surface area contributed by atoms with Crippen LogP contribution >= 0.6 is 0 Å². The molecular formula is C14H27NO3. The fourth-order valence-corrected chi connectivity index (χ4v) is 2.38. The zero-order valence-corrected chi connectivity index (χ0v) is 11.6. The number of esters is 1. The first-order valence-electron chi connectivity index (χ1n) is 7.18. The minimum atomic E-state index is -0.0923. The highest BCUT2D eigenvalue weighted by Gasteiger charge is 2.29. The molecule has 0 amide bonds. The van der Waals surface area contributed by atoms with E-state index in [4.69, 9.17) is 15.2 Å². The fourth-order valence-electron chi connectivity index (χ4n) is 2.38. The Labute approximate surface area is 110 Å². The van der Waals surface area contributed by atoms with Crippen LogP contribution in [-0.2, 0) is 14.3 Å². The average Bonchev–Trinajstić information content (AvgIpc) is 2.75. The number of ether oxygens (including phenoxy) is 2. The third kappa shape index (κ3) is 6.36. The summed E-state index contributed by atoms with van der Waals surface area (Å²) >= 11 is 0. The number of hydrogen-bond acceptors (Lipinski definition) is 4. The van der Waals surface area contributed by atoms with Crippen LogP contribution < -0.4 is 5.73 Å². The molecule has 1 saturated carbocycles. The molecule has 0 aliphatic heterocycles. The van der Waals surface area contributed by atoms with Crippen molar-refractivity contribution >= 4 is 5.97 Å². The van der Waals surface area contributed by atoms with Gasteiger partial charge in [-0.15, -0.1) is 0 Å². The summed E-state index contributed by atoms with van der Waals surface area (Å²) in [4.78, 5) is 11.1.